The van der Waals surface area contributed by atoms with Gasteiger partial charge in [0, 0.05) is 38.4 Å². The van der Waals surface area contributed by atoms with Gasteiger partial charge in [-0.15, -0.1) is 5.06 Å². The fourth-order valence-electron chi connectivity index (χ4n) is 5.43. The summed E-state index contributed by atoms with van der Waals surface area (Å²) in [4.78, 5) is 38.7. The molecule has 10 heteroatoms. The van der Waals surface area contributed by atoms with Gasteiger partial charge < -0.3 is 20.1 Å². The molecule has 3 aliphatic rings. The van der Waals surface area contributed by atoms with Crippen LogP contribution in [-0.4, -0.2) is 84.3 Å². The summed E-state index contributed by atoms with van der Waals surface area (Å²) in [6.45, 7) is 2.22. The number of carbonyl (C=O) groups is 2. The first-order chi connectivity index (χ1) is 17.0. The molecule has 0 aliphatic carbocycles. The molecule has 4 unspecified atom stereocenters. The van der Waals surface area contributed by atoms with Gasteiger partial charge in [0.2, 0.25) is 0 Å². The number of nitrogens with zero attached hydrogens (tertiary/aromatic N) is 2. The van der Waals surface area contributed by atoms with Crippen molar-refractivity contribution in [1.82, 2.24) is 15.4 Å². The van der Waals surface area contributed by atoms with Crippen LogP contribution in [0.5, 0.6) is 0 Å². The normalized spacial score (nSPS) is 27.7. The first-order valence-electron chi connectivity index (χ1n) is 12.6. The van der Waals surface area contributed by atoms with Crippen molar-refractivity contribution in [3.05, 3.63) is 35.9 Å². The molecular formula is C25H36N4O6. The van der Waals surface area contributed by atoms with Crippen LogP contribution in [0.1, 0.15) is 50.5 Å². The number of piperidine rings is 2. The summed E-state index contributed by atoms with van der Waals surface area (Å²) in [5.41, 5.74) is 2.19. The number of rotatable bonds is 10. The van der Waals surface area contributed by atoms with Crippen molar-refractivity contribution >= 4 is 18.2 Å². The molecule has 3 heterocycles. The Morgan fingerprint density at radius 2 is 1.94 bits per heavy atom. The van der Waals surface area contributed by atoms with Crippen LogP contribution in [0.25, 0.3) is 0 Å². The third-order valence-electron chi connectivity index (χ3n) is 7.18. The molecule has 1 aromatic rings. The van der Waals surface area contributed by atoms with Gasteiger partial charge in [0.05, 0.1) is 12.2 Å². The van der Waals surface area contributed by atoms with Gasteiger partial charge in [0.1, 0.15) is 6.61 Å². The second-order valence-corrected chi connectivity index (χ2v) is 9.50. The highest BCUT2D eigenvalue weighted by Crippen LogP contribution is 2.38. The minimum Gasteiger partial charge on any atom is -0.480 e. The number of hydrogen-bond donors (Lipinski definition) is 3. The monoisotopic (exact) mass is 488 g/mol. The average Bonchev–Trinajstić information content (AvgIpc) is 3.39. The number of aliphatic carboxylic acids is 1. The summed E-state index contributed by atoms with van der Waals surface area (Å²) in [6.07, 6.45) is 6.51. The first-order valence-corrected chi connectivity index (χ1v) is 12.6. The van der Waals surface area contributed by atoms with Crippen LogP contribution in [0.3, 0.4) is 0 Å². The highest BCUT2D eigenvalue weighted by Gasteiger charge is 2.51. The number of carboxylic acids is 1. The standard InChI is InChI=1S/C25H36N4O6/c26-18-25(19-7-3-1-4-8-19,24(32)35-28-12-5-2-6-13-28)29-14-10-21(33-17-23(30)31)15-20(29)16-22-9-11-27-34-22/h1,3-4,7-8,18,20-22,26-27H,2,5-6,9-17H2,(H,30,31). The SMILES string of the molecule is N=CC(C(=O)ON1CCCCC1)(c1ccccc1)N1CCC(OCC(=O)O)CC1CC1CCNO1. The van der Waals surface area contributed by atoms with Crippen LogP contribution in [0.2, 0.25) is 0 Å². The molecule has 3 N–H and O–H groups in total. The summed E-state index contributed by atoms with van der Waals surface area (Å²) < 4.78 is 5.66. The highest BCUT2D eigenvalue weighted by molar-refractivity contribution is 6.00. The Kier molecular flexibility index (Phi) is 8.85. The molecule has 0 saturated carbocycles. The summed E-state index contributed by atoms with van der Waals surface area (Å²) >= 11 is 0. The van der Waals surface area contributed by atoms with Gasteiger partial charge in [-0.05, 0) is 44.1 Å². The molecule has 0 bridgehead atoms. The molecule has 3 aliphatic heterocycles. The Balaban J connectivity index is 1.65. The maximum absolute atomic E-state index is 13.9. The van der Waals surface area contributed by atoms with Crippen molar-refractivity contribution < 1.29 is 29.1 Å². The predicted molar refractivity (Wildman–Crippen MR) is 128 cm³/mol. The van der Waals surface area contributed by atoms with Gasteiger partial charge in [0.15, 0.2) is 5.54 Å². The van der Waals surface area contributed by atoms with E-state index in [1.807, 2.05) is 35.2 Å². The average molecular weight is 489 g/mol. The number of nitrogens with one attached hydrogen (secondary N) is 2. The van der Waals surface area contributed by atoms with Crippen LogP contribution < -0.4 is 5.48 Å². The molecule has 0 amide bonds. The molecule has 4 rings (SSSR count). The van der Waals surface area contributed by atoms with Gasteiger partial charge >= 0.3 is 11.9 Å². The Hall–Kier alpha value is -2.37. The van der Waals surface area contributed by atoms with E-state index in [4.69, 9.17) is 24.9 Å². The maximum atomic E-state index is 13.9. The minimum absolute atomic E-state index is 0.0435. The quantitative estimate of drug-likeness (QED) is 0.425. The Morgan fingerprint density at radius 1 is 1.17 bits per heavy atom. The van der Waals surface area contributed by atoms with Gasteiger partial charge in [0.25, 0.3) is 0 Å². The molecule has 4 atom stereocenters. The summed E-state index contributed by atoms with van der Waals surface area (Å²) in [6, 6.07) is 9.16. The van der Waals surface area contributed by atoms with E-state index in [0.717, 1.165) is 32.2 Å². The molecule has 10 nitrogen and oxygen atoms in total. The summed E-state index contributed by atoms with van der Waals surface area (Å²) in [5, 5.41) is 19.3. The lowest BCUT2D eigenvalue weighted by molar-refractivity contribution is -0.207. The topological polar surface area (TPSA) is 124 Å². The number of carbonyl (C=O) groups excluding carboxylic acids is 1. The lowest BCUT2D eigenvalue weighted by Gasteiger charge is -2.48. The Labute approximate surface area is 205 Å². The molecule has 35 heavy (non-hydrogen) atoms. The number of carboxylic acid groups (broad SMARTS) is 1. The number of likely N-dealkylation sites (tertiary alicyclic amines) is 1. The number of benzene rings is 1. The van der Waals surface area contributed by atoms with Crippen molar-refractivity contribution in [2.45, 2.75) is 68.7 Å². The van der Waals surface area contributed by atoms with Gasteiger partial charge in [-0.3, -0.25) is 9.74 Å². The van der Waals surface area contributed by atoms with Crippen LogP contribution in [0, 0.1) is 5.41 Å². The first kappa shape index (κ1) is 25.7. The molecular weight excluding hydrogens is 452 g/mol. The van der Waals surface area contributed by atoms with E-state index in [1.54, 1.807) is 5.06 Å². The van der Waals surface area contributed by atoms with Gasteiger partial charge in [-0.1, -0.05) is 36.8 Å². The lowest BCUT2D eigenvalue weighted by Crippen LogP contribution is -2.62. The van der Waals surface area contributed by atoms with Crippen molar-refractivity contribution in [3.8, 4) is 0 Å². The third kappa shape index (κ3) is 6.07. The van der Waals surface area contributed by atoms with E-state index in [-0.39, 0.29) is 24.9 Å². The van der Waals surface area contributed by atoms with E-state index in [1.165, 1.54) is 6.21 Å². The van der Waals surface area contributed by atoms with E-state index in [2.05, 4.69) is 5.48 Å². The molecule has 0 spiro atoms. The van der Waals surface area contributed by atoms with Crippen molar-refractivity contribution in [1.29, 1.82) is 5.41 Å². The fraction of sp³-hybridized carbons (Fsp3) is 0.640. The highest BCUT2D eigenvalue weighted by atomic mass is 16.7. The Bertz CT molecular complexity index is 859. The fourth-order valence-corrected chi connectivity index (χ4v) is 5.43. The van der Waals surface area contributed by atoms with E-state index in [9.17, 15) is 9.59 Å². The smallest absolute Gasteiger partial charge is 0.355 e. The second kappa shape index (κ2) is 12.0. The van der Waals surface area contributed by atoms with E-state index in [0.29, 0.717) is 44.5 Å². The molecule has 1 aromatic carbocycles. The largest absolute Gasteiger partial charge is 0.480 e. The van der Waals surface area contributed by atoms with Crippen LogP contribution in [-0.2, 0) is 29.5 Å². The Morgan fingerprint density at radius 3 is 2.60 bits per heavy atom. The van der Waals surface area contributed by atoms with Crippen LogP contribution >= 0.6 is 0 Å². The van der Waals surface area contributed by atoms with E-state index >= 15 is 0 Å². The molecule has 3 fully saturated rings. The van der Waals surface area contributed by atoms with Gasteiger partial charge in [-0.25, -0.2) is 15.1 Å². The van der Waals surface area contributed by atoms with Crippen LogP contribution in [0.15, 0.2) is 30.3 Å². The van der Waals surface area contributed by atoms with Crippen molar-refractivity contribution in [2.24, 2.45) is 0 Å². The lowest BCUT2D eigenvalue weighted by atomic mass is 9.82. The maximum Gasteiger partial charge on any atom is 0.355 e. The van der Waals surface area contributed by atoms with Crippen molar-refractivity contribution in [3.63, 3.8) is 0 Å². The molecule has 0 radical (unpaired) electrons. The van der Waals surface area contributed by atoms with Crippen LogP contribution in [0.4, 0.5) is 0 Å². The molecule has 192 valence electrons. The summed E-state index contributed by atoms with van der Waals surface area (Å²) in [5.74, 6) is -1.49. The minimum atomic E-state index is -1.41. The molecule has 0 aromatic heterocycles. The number of hydrogen-bond acceptors (Lipinski definition) is 9. The van der Waals surface area contributed by atoms with Gasteiger partial charge in [-0.2, -0.15) is 0 Å². The second-order valence-electron chi connectivity index (χ2n) is 9.50. The van der Waals surface area contributed by atoms with E-state index < -0.39 is 17.5 Å². The van der Waals surface area contributed by atoms with Crippen molar-refractivity contribution in [2.75, 3.05) is 32.8 Å². The summed E-state index contributed by atoms with van der Waals surface area (Å²) in [7, 11) is 0. The molecule has 3 saturated heterocycles. The predicted octanol–water partition coefficient (Wildman–Crippen LogP) is 2.09. The zero-order chi connectivity index (χ0) is 24.7. The number of hydroxylamine groups is 3. The third-order valence-corrected chi connectivity index (χ3v) is 7.18. The zero-order valence-electron chi connectivity index (χ0n) is 20.1. The zero-order valence-corrected chi connectivity index (χ0v) is 20.1. The number of ether oxygens (including phenoxy) is 1.